The van der Waals surface area contributed by atoms with Gasteiger partial charge >= 0.3 is 0 Å². The summed E-state index contributed by atoms with van der Waals surface area (Å²) in [6.45, 7) is 2.23. The second-order valence-electron chi connectivity index (χ2n) is 8.26. The Morgan fingerprint density at radius 3 is 1.97 bits per heavy atom. The van der Waals surface area contributed by atoms with Crippen LogP contribution in [-0.2, 0) is 6.42 Å². The first-order valence-electron chi connectivity index (χ1n) is 11.3. The molecule has 0 spiro atoms. The minimum absolute atomic E-state index is 0.0378. The molecule has 0 aliphatic rings. The van der Waals surface area contributed by atoms with Crippen LogP contribution >= 0.6 is 0 Å². The van der Waals surface area contributed by atoms with Crippen molar-refractivity contribution < 1.29 is 13.2 Å². The molecule has 0 atom stereocenters. The van der Waals surface area contributed by atoms with Gasteiger partial charge in [0.15, 0.2) is 17.5 Å². The number of rotatable bonds is 6. The highest BCUT2D eigenvalue weighted by Gasteiger charge is 2.13. The number of aryl methyl sites for hydroxylation is 1. The van der Waals surface area contributed by atoms with Crippen molar-refractivity contribution >= 4 is 10.8 Å². The maximum atomic E-state index is 13.9. The zero-order valence-corrected chi connectivity index (χ0v) is 18.6. The van der Waals surface area contributed by atoms with Crippen molar-refractivity contribution in [1.82, 2.24) is 0 Å². The molecule has 33 heavy (non-hydrogen) atoms. The van der Waals surface area contributed by atoms with Gasteiger partial charge in [0.25, 0.3) is 0 Å². The Labute approximate surface area is 193 Å². The summed E-state index contributed by atoms with van der Waals surface area (Å²) in [7, 11) is 0. The van der Waals surface area contributed by atoms with Crippen LogP contribution < -0.4 is 0 Å². The quantitative estimate of drug-likeness (QED) is 0.160. The molecule has 0 heterocycles. The standard InChI is InChI=1S/C30H25F3/c1-2-3-4-5-6-21-9-14-24(15-10-21)25-16-11-22(12-17-25)7-8-23-13-18-27-26(19-23)20-28(31)30(33)29(27)32/h9-20H,2-6H2,1H3. The van der Waals surface area contributed by atoms with E-state index in [0.717, 1.165) is 29.2 Å². The molecule has 4 aromatic carbocycles. The number of hydrogen-bond donors (Lipinski definition) is 0. The van der Waals surface area contributed by atoms with E-state index in [1.165, 1.54) is 37.3 Å². The molecule has 4 aromatic rings. The van der Waals surface area contributed by atoms with Gasteiger partial charge in [0.05, 0.1) is 0 Å². The highest BCUT2D eigenvalue weighted by atomic mass is 19.2. The molecule has 0 radical (unpaired) electrons. The largest absolute Gasteiger partial charge is 0.204 e. The van der Waals surface area contributed by atoms with E-state index >= 15 is 0 Å². The lowest BCUT2D eigenvalue weighted by Crippen LogP contribution is -1.92. The molecule has 4 rings (SSSR count). The lowest BCUT2D eigenvalue weighted by atomic mass is 10.00. The molecule has 0 aliphatic carbocycles. The Kier molecular flexibility index (Phi) is 7.15. The van der Waals surface area contributed by atoms with Crippen molar-refractivity contribution in [3.63, 3.8) is 0 Å². The molecule has 0 unspecified atom stereocenters. The highest BCUT2D eigenvalue weighted by Crippen LogP contribution is 2.24. The van der Waals surface area contributed by atoms with E-state index in [4.69, 9.17) is 0 Å². The van der Waals surface area contributed by atoms with E-state index in [1.807, 2.05) is 24.3 Å². The zero-order valence-electron chi connectivity index (χ0n) is 18.6. The molecule has 0 aromatic heterocycles. The molecule has 0 fully saturated rings. The minimum Gasteiger partial charge on any atom is -0.204 e. The molecular formula is C30H25F3. The van der Waals surface area contributed by atoms with E-state index < -0.39 is 17.5 Å². The Bertz CT molecular complexity index is 1310. The van der Waals surface area contributed by atoms with E-state index in [-0.39, 0.29) is 10.8 Å². The monoisotopic (exact) mass is 442 g/mol. The van der Waals surface area contributed by atoms with Gasteiger partial charge in [0.2, 0.25) is 0 Å². The van der Waals surface area contributed by atoms with Crippen LogP contribution in [0.3, 0.4) is 0 Å². The predicted molar refractivity (Wildman–Crippen MR) is 130 cm³/mol. The van der Waals surface area contributed by atoms with Gasteiger partial charge in [-0.25, -0.2) is 13.2 Å². The molecule has 0 saturated heterocycles. The lowest BCUT2D eigenvalue weighted by molar-refractivity contribution is 0.453. The third-order valence-electron chi connectivity index (χ3n) is 5.81. The van der Waals surface area contributed by atoms with Crippen molar-refractivity contribution in [3.8, 4) is 23.0 Å². The number of benzene rings is 4. The average Bonchev–Trinajstić information content (AvgIpc) is 2.84. The van der Waals surface area contributed by atoms with E-state index in [2.05, 4.69) is 43.0 Å². The van der Waals surface area contributed by atoms with Crippen LogP contribution in [0.2, 0.25) is 0 Å². The summed E-state index contributed by atoms with van der Waals surface area (Å²) in [5, 5.41) is 0.318. The molecule has 0 aliphatic heterocycles. The van der Waals surface area contributed by atoms with Crippen LogP contribution in [0.1, 0.15) is 49.3 Å². The Morgan fingerprint density at radius 2 is 1.27 bits per heavy atom. The molecule has 0 N–H and O–H groups in total. The molecule has 166 valence electrons. The maximum Gasteiger partial charge on any atom is 0.195 e. The third kappa shape index (κ3) is 5.46. The fraction of sp³-hybridized carbons (Fsp3) is 0.200. The second kappa shape index (κ2) is 10.4. The van der Waals surface area contributed by atoms with E-state index in [1.54, 1.807) is 12.1 Å². The summed E-state index contributed by atoms with van der Waals surface area (Å²) in [6.07, 6.45) is 6.19. The van der Waals surface area contributed by atoms with Gasteiger partial charge in [0.1, 0.15) is 0 Å². The second-order valence-corrected chi connectivity index (χ2v) is 8.26. The van der Waals surface area contributed by atoms with Crippen LogP contribution in [0, 0.1) is 29.3 Å². The topological polar surface area (TPSA) is 0 Å². The Morgan fingerprint density at radius 1 is 0.636 bits per heavy atom. The van der Waals surface area contributed by atoms with E-state index in [9.17, 15) is 13.2 Å². The third-order valence-corrected chi connectivity index (χ3v) is 5.81. The summed E-state index contributed by atoms with van der Waals surface area (Å²) in [4.78, 5) is 0. The maximum absolute atomic E-state index is 13.9. The first-order chi connectivity index (χ1) is 16.0. The molecule has 0 bridgehead atoms. The predicted octanol–water partition coefficient (Wildman–Crippen LogP) is 8.45. The molecular weight excluding hydrogens is 417 g/mol. The summed E-state index contributed by atoms with van der Waals surface area (Å²) in [6, 6.07) is 22.3. The van der Waals surface area contributed by atoms with Crippen molar-refractivity contribution in [2.24, 2.45) is 0 Å². The van der Waals surface area contributed by atoms with Crippen molar-refractivity contribution in [1.29, 1.82) is 0 Å². The van der Waals surface area contributed by atoms with Crippen molar-refractivity contribution in [3.05, 3.63) is 107 Å². The van der Waals surface area contributed by atoms with Crippen LogP contribution in [0.25, 0.3) is 21.9 Å². The lowest BCUT2D eigenvalue weighted by Gasteiger charge is -2.05. The first kappa shape index (κ1) is 22.7. The highest BCUT2D eigenvalue weighted by molar-refractivity contribution is 5.84. The van der Waals surface area contributed by atoms with Crippen molar-refractivity contribution in [2.75, 3.05) is 0 Å². The smallest absolute Gasteiger partial charge is 0.195 e. The van der Waals surface area contributed by atoms with Crippen molar-refractivity contribution in [2.45, 2.75) is 39.0 Å². The fourth-order valence-corrected chi connectivity index (χ4v) is 3.89. The van der Waals surface area contributed by atoms with Gasteiger partial charge in [-0.1, -0.05) is 80.5 Å². The number of halogens is 3. The molecule has 0 amide bonds. The summed E-state index contributed by atoms with van der Waals surface area (Å²) in [5.74, 6) is 2.25. The summed E-state index contributed by atoms with van der Waals surface area (Å²) in [5.41, 5.74) is 5.10. The van der Waals surface area contributed by atoms with Crippen LogP contribution in [-0.4, -0.2) is 0 Å². The van der Waals surface area contributed by atoms with Crippen LogP contribution in [0.4, 0.5) is 13.2 Å². The van der Waals surface area contributed by atoms with Gasteiger partial charge in [0, 0.05) is 16.5 Å². The molecule has 0 saturated carbocycles. The molecule has 3 heteroatoms. The number of hydrogen-bond acceptors (Lipinski definition) is 0. The van der Waals surface area contributed by atoms with Crippen LogP contribution in [0.5, 0.6) is 0 Å². The molecule has 0 nitrogen and oxygen atoms in total. The fourth-order valence-electron chi connectivity index (χ4n) is 3.89. The average molecular weight is 443 g/mol. The summed E-state index contributed by atoms with van der Waals surface area (Å²) < 4.78 is 40.8. The normalized spacial score (nSPS) is 10.8. The van der Waals surface area contributed by atoms with Gasteiger partial charge in [-0.3, -0.25) is 0 Å². The van der Waals surface area contributed by atoms with E-state index in [0.29, 0.717) is 5.56 Å². The minimum atomic E-state index is -1.46. The van der Waals surface area contributed by atoms with Gasteiger partial charge in [-0.15, -0.1) is 0 Å². The number of unbranched alkanes of at least 4 members (excludes halogenated alkanes) is 3. The van der Waals surface area contributed by atoms with Gasteiger partial charge in [-0.2, -0.15) is 0 Å². The SMILES string of the molecule is CCCCCCc1ccc(-c2ccc(C#Cc3ccc4c(F)c(F)c(F)cc4c3)cc2)cc1. The van der Waals surface area contributed by atoms with Gasteiger partial charge in [-0.05, 0) is 65.3 Å². The summed E-state index contributed by atoms with van der Waals surface area (Å²) >= 11 is 0. The Hall–Kier alpha value is -3.51. The first-order valence-corrected chi connectivity index (χ1v) is 11.3. The zero-order chi connectivity index (χ0) is 23.2. The van der Waals surface area contributed by atoms with Crippen LogP contribution in [0.15, 0.2) is 72.8 Å². The van der Waals surface area contributed by atoms with Gasteiger partial charge < -0.3 is 0 Å². The number of fused-ring (bicyclic) bond motifs is 1. The Balaban J connectivity index is 1.46.